The Morgan fingerprint density at radius 3 is 1.04 bits per heavy atom. The average molecular weight is 354 g/mol. The van der Waals surface area contributed by atoms with Gasteiger partial charge in [0.2, 0.25) is 0 Å². The first kappa shape index (κ1) is 25.0. The molecule has 1 nitrogen and oxygen atoms in total. The molecule has 0 N–H and O–H groups in total. The van der Waals surface area contributed by atoms with Gasteiger partial charge in [-0.05, 0) is 51.4 Å². The summed E-state index contributed by atoms with van der Waals surface area (Å²) in [4.78, 5) is 0. The van der Waals surface area contributed by atoms with Gasteiger partial charge in [-0.25, -0.2) is 0 Å². The fraction of sp³-hybridized carbons (Fsp3) is 0.958. The molecule has 0 aromatic heterocycles. The van der Waals surface area contributed by atoms with Gasteiger partial charge in [-0.1, -0.05) is 79.1 Å². The molecule has 25 heavy (non-hydrogen) atoms. The highest BCUT2D eigenvalue weighted by molar-refractivity contribution is 4.53. The fourth-order valence-corrected chi connectivity index (χ4v) is 4.09. The molecule has 0 atom stereocenters. The van der Waals surface area contributed by atoms with Crippen molar-refractivity contribution in [3.05, 3.63) is 6.92 Å². The van der Waals surface area contributed by atoms with Crippen LogP contribution in [0.15, 0.2) is 0 Å². The lowest BCUT2D eigenvalue weighted by Crippen LogP contribution is -2.50. The quantitative estimate of drug-likeness (QED) is 0.154. The van der Waals surface area contributed by atoms with E-state index in [-0.39, 0.29) is 0 Å². The summed E-state index contributed by atoms with van der Waals surface area (Å²) in [6.45, 7) is 16.8. The molecule has 0 bridgehead atoms. The molecule has 0 saturated carbocycles. The van der Waals surface area contributed by atoms with Gasteiger partial charge in [0.25, 0.3) is 0 Å². The van der Waals surface area contributed by atoms with Crippen LogP contribution in [0.5, 0.6) is 0 Å². The number of rotatable bonds is 20. The van der Waals surface area contributed by atoms with Crippen LogP contribution in [-0.2, 0) is 0 Å². The van der Waals surface area contributed by atoms with Gasteiger partial charge in [0, 0.05) is 0 Å². The average Bonchev–Trinajstić information content (AvgIpc) is 2.63. The lowest BCUT2D eigenvalue weighted by atomic mass is 10.1. The van der Waals surface area contributed by atoms with Crippen LogP contribution >= 0.6 is 0 Å². The van der Waals surface area contributed by atoms with Crippen molar-refractivity contribution < 1.29 is 4.48 Å². The van der Waals surface area contributed by atoms with E-state index < -0.39 is 0 Å². The van der Waals surface area contributed by atoms with E-state index >= 15 is 0 Å². The summed E-state index contributed by atoms with van der Waals surface area (Å²) in [6.07, 6.45) is 22.3. The Morgan fingerprint density at radius 2 is 0.760 bits per heavy atom. The van der Waals surface area contributed by atoms with Gasteiger partial charge in [-0.15, -0.1) is 0 Å². The Balaban J connectivity index is 4.62. The molecule has 0 heterocycles. The van der Waals surface area contributed by atoms with E-state index in [1.807, 2.05) is 0 Å². The van der Waals surface area contributed by atoms with Crippen LogP contribution in [0.3, 0.4) is 0 Å². The number of quaternary nitrogens is 1. The standard InChI is InChI=1S/C24H51N/c1-5-9-13-17-21-25(22-18-14-10-6-2,23-19-15-11-7-3)24-20-16-12-8-4/h1,5-24H2,2-4H3/q+1. The summed E-state index contributed by atoms with van der Waals surface area (Å²) in [5, 5.41) is 0. The van der Waals surface area contributed by atoms with E-state index in [0.717, 1.165) is 6.42 Å². The molecule has 0 aliphatic carbocycles. The molecule has 0 saturated heterocycles. The van der Waals surface area contributed by atoms with E-state index in [1.54, 1.807) is 0 Å². The maximum absolute atomic E-state index is 4.02. The smallest absolute Gasteiger partial charge is 0.0786 e. The molecule has 0 amide bonds. The Bertz CT molecular complexity index is 195. The maximum atomic E-state index is 4.02. The van der Waals surface area contributed by atoms with Crippen LogP contribution in [-0.4, -0.2) is 30.7 Å². The first-order valence-electron chi connectivity index (χ1n) is 11.9. The summed E-state index contributed by atoms with van der Waals surface area (Å²) in [7, 11) is 0. The van der Waals surface area contributed by atoms with Crippen LogP contribution in [0, 0.1) is 6.92 Å². The van der Waals surface area contributed by atoms with Gasteiger partial charge in [-0.2, -0.15) is 0 Å². The second kappa shape index (κ2) is 18.7. The van der Waals surface area contributed by atoms with Gasteiger partial charge in [0.05, 0.1) is 26.2 Å². The van der Waals surface area contributed by atoms with Crippen molar-refractivity contribution in [3.8, 4) is 0 Å². The van der Waals surface area contributed by atoms with Crippen molar-refractivity contribution in [3.63, 3.8) is 0 Å². The normalized spacial score (nSPS) is 12.0. The zero-order valence-electron chi connectivity index (χ0n) is 18.3. The Kier molecular flexibility index (Phi) is 18.7. The zero-order chi connectivity index (χ0) is 18.6. The summed E-state index contributed by atoms with van der Waals surface area (Å²) in [6, 6.07) is 0. The lowest BCUT2D eigenvalue weighted by Gasteiger charge is -2.39. The largest absolute Gasteiger partial charge is 0.324 e. The van der Waals surface area contributed by atoms with Gasteiger partial charge < -0.3 is 4.48 Å². The first-order valence-corrected chi connectivity index (χ1v) is 11.9. The second-order valence-electron chi connectivity index (χ2n) is 8.33. The van der Waals surface area contributed by atoms with Crippen LogP contribution in [0.4, 0.5) is 0 Å². The van der Waals surface area contributed by atoms with Crippen molar-refractivity contribution in [1.29, 1.82) is 0 Å². The predicted molar refractivity (Wildman–Crippen MR) is 116 cm³/mol. The minimum atomic E-state index is 1.11. The third kappa shape index (κ3) is 14.8. The van der Waals surface area contributed by atoms with Gasteiger partial charge in [0.15, 0.2) is 0 Å². The molecule has 0 unspecified atom stereocenters. The first-order chi connectivity index (χ1) is 12.2. The highest BCUT2D eigenvalue weighted by Crippen LogP contribution is 2.19. The Morgan fingerprint density at radius 1 is 0.440 bits per heavy atom. The second-order valence-corrected chi connectivity index (χ2v) is 8.33. The van der Waals surface area contributed by atoms with E-state index in [4.69, 9.17) is 0 Å². The molecule has 1 heteroatoms. The number of unbranched alkanes of at least 4 members (excludes halogenated alkanes) is 12. The molecule has 0 spiro atoms. The van der Waals surface area contributed by atoms with Crippen LogP contribution in [0.2, 0.25) is 0 Å². The molecule has 151 valence electrons. The van der Waals surface area contributed by atoms with Crippen molar-refractivity contribution in [2.75, 3.05) is 26.2 Å². The topological polar surface area (TPSA) is 0 Å². The van der Waals surface area contributed by atoms with Crippen molar-refractivity contribution >= 4 is 0 Å². The number of hydrogen-bond acceptors (Lipinski definition) is 0. The number of hydrogen-bond donors (Lipinski definition) is 0. The van der Waals surface area contributed by atoms with Crippen molar-refractivity contribution in [2.45, 2.75) is 124 Å². The minimum Gasteiger partial charge on any atom is -0.324 e. The molecule has 0 aliphatic rings. The molecule has 0 aliphatic heterocycles. The van der Waals surface area contributed by atoms with Gasteiger partial charge in [0.1, 0.15) is 0 Å². The molecular weight excluding hydrogens is 302 g/mol. The van der Waals surface area contributed by atoms with Crippen LogP contribution in [0.25, 0.3) is 0 Å². The summed E-state index contributed by atoms with van der Waals surface area (Å²) < 4.78 is 1.44. The summed E-state index contributed by atoms with van der Waals surface area (Å²) >= 11 is 0. The summed E-state index contributed by atoms with van der Waals surface area (Å²) in [5.74, 6) is 0. The van der Waals surface area contributed by atoms with Crippen LogP contribution < -0.4 is 0 Å². The molecular formula is C24H51N+. The molecule has 1 radical (unpaired) electrons. The molecule has 0 rings (SSSR count). The van der Waals surface area contributed by atoms with E-state index in [9.17, 15) is 0 Å². The highest BCUT2D eigenvalue weighted by atomic mass is 15.3. The maximum Gasteiger partial charge on any atom is 0.0786 e. The SMILES string of the molecule is [CH2]CCCCC[N+](CCCCCC)(CCCCCC)CCCCCC. The number of nitrogens with zero attached hydrogens (tertiary/aromatic N) is 1. The monoisotopic (exact) mass is 353 g/mol. The molecule has 0 aromatic rings. The lowest BCUT2D eigenvalue weighted by molar-refractivity contribution is -0.929. The summed E-state index contributed by atoms with van der Waals surface area (Å²) in [5.41, 5.74) is 0. The van der Waals surface area contributed by atoms with Gasteiger partial charge in [-0.3, -0.25) is 0 Å². The van der Waals surface area contributed by atoms with Gasteiger partial charge >= 0.3 is 0 Å². The minimum absolute atomic E-state index is 1.11. The zero-order valence-corrected chi connectivity index (χ0v) is 18.3. The van der Waals surface area contributed by atoms with E-state index in [1.165, 1.54) is 127 Å². The molecule has 0 fully saturated rings. The Labute approximate surface area is 161 Å². The van der Waals surface area contributed by atoms with Crippen molar-refractivity contribution in [2.24, 2.45) is 0 Å². The van der Waals surface area contributed by atoms with Crippen molar-refractivity contribution in [1.82, 2.24) is 0 Å². The van der Waals surface area contributed by atoms with E-state index in [2.05, 4.69) is 27.7 Å². The molecule has 0 aromatic carbocycles. The highest BCUT2D eigenvalue weighted by Gasteiger charge is 2.25. The third-order valence-corrected chi connectivity index (χ3v) is 5.84. The Hall–Kier alpha value is -0.0400. The third-order valence-electron chi connectivity index (χ3n) is 5.84. The van der Waals surface area contributed by atoms with E-state index in [0.29, 0.717) is 0 Å². The predicted octanol–water partition coefficient (Wildman–Crippen LogP) is 7.94. The fourth-order valence-electron chi connectivity index (χ4n) is 4.09. The van der Waals surface area contributed by atoms with Crippen LogP contribution in [0.1, 0.15) is 124 Å².